The van der Waals surface area contributed by atoms with Gasteiger partial charge in [-0.05, 0) is 35.4 Å². The van der Waals surface area contributed by atoms with Gasteiger partial charge in [-0.3, -0.25) is 4.79 Å². The molecule has 0 aliphatic heterocycles. The molecule has 0 aliphatic rings. The van der Waals surface area contributed by atoms with Crippen LogP contribution in [0.15, 0.2) is 77.7 Å². The number of carbonyl (C=O) groups excluding carboxylic acids is 1. The highest BCUT2D eigenvalue weighted by atomic mass is 32.2. The van der Waals surface area contributed by atoms with Gasteiger partial charge in [0.2, 0.25) is 15.9 Å². The van der Waals surface area contributed by atoms with Gasteiger partial charge >= 0.3 is 0 Å². The summed E-state index contributed by atoms with van der Waals surface area (Å²) in [6, 6.07) is 21.8. The van der Waals surface area contributed by atoms with Crippen molar-refractivity contribution in [3.05, 3.63) is 78.4 Å². The molecular weight excluding hydrogens is 360 g/mol. The standard InChI is InChI=1S/C21H22N2O3S/c1-16(19-14-8-10-17-9-6-7-13-20(17)19)22-21(24)15-23(2)27(25,26)18-11-4-3-5-12-18/h3-14,16H,15H2,1-2H3,(H,22,24). The maximum absolute atomic E-state index is 12.5. The molecule has 1 N–H and O–H groups in total. The minimum absolute atomic E-state index is 0.169. The van der Waals surface area contributed by atoms with Gasteiger partial charge in [-0.1, -0.05) is 60.7 Å². The van der Waals surface area contributed by atoms with Gasteiger partial charge in [0.15, 0.2) is 0 Å². The Morgan fingerprint density at radius 1 is 0.963 bits per heavy atom. The largest absolute Gasteiger partial charge is 0.348 e. The van der Waals surface area contributed by atoms with E-state index < -0.39 is 10.0 Å². The zero-order valence-electron chi connectivity index (χ0n) is 15.3. The number of sulfonamides is 1. The van der Waals surface area contributed by atoms with Gasteiger partial charge in [-0.15, -0.1) is 0 Å². The number of likely N-dealkylation sites (N-methyl/N-ethyl adjacent to an activating group) is 1. The molecule has 0 saturated heterocycles. The molecule has 0 heterocycles. The first-order valence-corrected chi connectivity index (χ1v) is 10.1. The van der Waals surface area contributed by atoms with Gasteiger partial charge < -0.3 is 5.32 Å². The summed E-state index contributed by atoms with van der Waals surface area (Å²) in [7, 11) is -2.29. The molecule has 140 valence electrons. The van der Waals surface area contributed by atoms with Crippen LogP contribution in [0.2, 0.25) is 0 Å². The highest BCUT2D eigenvalue weighted by molar-refractivity contribution is 7.89. The number of benzene rings is 3. The number of nitrogens with zero attached hydrogens (tertiary/aromatic N) is 1. The summed E-state index contributed by atoms with van der Waals surface area (Å²) in [5.41, 5.74) is 0.995. The third kappa shape index (κ3) is 4.18. The molecule has 0 aromatic heterocycles. The van der Waals surface area contributed by atoms with Crippen molar-refractivity contribution in [2.45, 2.75) is 17.9 Å². The first-order chi connectivity index (χ1) is 12.9. The van der Waals surface area contributed by atoms with E-state index in [0.717, 1.165) is 20.6 Å². The van der Waals surface area contributed by atoms with Crippen molar-refractivity contribution in [1.29, 1.82) is 0 Å². The number of fused-ring (bicyclic) bond motifs is 1. The average molecular weight is 382 g/mol. The molecule has 0 radical (unpaired) electrons. The Kier molecular flexibility index (Phi) is 5.58. The lowest BCUT2D eigenvalue weighted by atomic mass is 10.00. The molecule has 3 aromatic rings. The van der Waals surface area contributed by atoms with E-state index in [1.807, 2.05) is 49.4 Å². The molecule has 27 heavy (non-hydrogen) atoms. The smallest absolute Gasteiger partial charge is 0.243 e. The molecule has 0 fully saturated rings. The SMILES string of the molecule is CC(NC(=O)CN(C)S(=O)(=O)c1ccccc1)c1cccc2ccccc12. The predicted octanol–water partition coefficient (Wildman–Crippen LogP) is 3.34. The number of hydrogen-bond donors (Lipinski definition) is 1. The van der Waals surface area contributed by atoms with E-state index in [9.17, 15) is 13.2 Å². The Morgan fingerprint density at radius 2 is 1.59 bits per heavy atom. The lowest BCUT2D eigenvalue weighted by molar-refractivity contribution is -0.121. The van der Waals surface area contributed by atoms with Crippen LogP contribution in [0.5, 0.6) is 0 Å². The van der Waals surface area contributed by atoms with Crippen LogP contribution in [0.3, 0.4) is 0 Å². The molecule has 1 atom stereocenters. The number of hydrogen-bond acceptors (Lipinski definition) is 3. The van der Waals surface area contributed by atoms with Crippen LogP contribution >= 0.6 is 0 Å². The normalized spacial score (nSPS) is 12.9. The molecule has 1 amide bonds. The van der Waals surface area contributed by atoms with E-state index >= 15 is 0 Å². The molecule has 5 nitrogen and oxygen atoms in total. The number of amides is 1. The Bertz CT molecular complexity index is 1040. The summed E-state index contributed by atoms with van der Waals surface area (Å²) in [5.74, 6) is -0.350. The molecule has 0 saturated carbocycles. The van der Waals surface area contributed by atoms with Gasteiger partial charge in [-0.25, -0.2) is 8.42 Å². The van der Waals surface area contributed by atoms with Crippen LogP contribution in [-0.4, -0.2) is 32.2 Å². The monoisotopic (exact) mass is 382 g/mol. The van der Waals surface area contributed by atoms with E-state index in [0.29, 0.717) is 0 Å². The fraction of sp³-hybridized carbons (Fsp3) is 0.190. The second kappa shape index (κ2) is 7.90. The van der Waals surface area contributed by atoms with Crippen molar-refractivity contribution in [1.82, 2.24) is 9.62 Å². The van der Waals surface area contributed by atoms with E-state index in [2.05, 4.69) is 5.32 Å². The number of nitrogens with one attached hydrogen (secondary N) is 1. The summed E-state index contributed by atoms with van der Waals surface area (Å²) >= 11 is 0. The Labute approximate surface area is 159 Å². The maximum atomic E-state index is 12.5. The minimum Gasteiger partial charge on any atom is -0.348 e. The molecule has 1 unspecified atom stereocenters. The van der Waals surface area contributed by atoms with Crippen LogP contribution in [-0.2, 0) is 14.8 Å². The average Bonchev–Trinajstić information content (AvgIpc) is 2.68. The van der Waals surface area contributed by atoms with Gasteiger partial charge in [0.05, 0.1) is 17.5 Å². The fourth-order valence-corrected chi connectivity index (χ4v) is 4.20. The predicted molar refractivity (Wildman–Crippen MR) is 107 cm³/mol. The summed E-state index contributed by atoms with van der Waals surface area (Å²) in [4.78, 5) is 12.6. The highest BCUT2D eigenvalue weighted by Crippen LogP contribution is 2.24. The first kappa shape index (κ1) is 19.1. The van der Waals surface area contributed by atoms with Crippen LogP contribution in [0.25, 0.3) is 10.8 Å². The van der Waals surface area contributed by atoms with Gasteiger partial charge in [0, 0.05) is 7.05 Å². The third-order valence-electron chi connectivity index (χ3n) is 4.49. The second-order valence-corrected chi connectivity index (χ2v) is 8.48. The van der Waals surface area contributed by atoms with Crippen molar-refractivity contribution in [2.24, 2.45) is 0 Å². The molecule has 0 spiro atoms. The van der Waals surface area contributed by atoms with E-state index in [4.69, 9.17) is 0 Å². The Balaban J connectivity index is 1.72. The first-order valence-electron chi connectivity index (χ1n) is 8.68. The summed E-state index contributed by atoms with van der Waals surface area (Å²) in [5, 5.41) is 5.06. The molecule has 3 aromatic carbocycles. The summed E-state index contributed by atoms with van der Waals surface area (Å²) < 4.78 is 26.2. The minimum atomic E-state index is -3.70. The molecule has 0 aliphatic carbocycles. The molecular formula is C21H22N2O3S. The number of carbonyl (C=O) groups is 1. The van der Waals surface area contributed by atoms with Gasteiger partial charge in [-0.2, -0.15) is 4.31 Å². The summed E-state index contributed by atoms with van der Waals surface area (Å²) in [6.07, 6.45) is 0. The Morgan fingerprint density at radius 3 is 2.33 bits per heavy atom. The van der Waals surface area contributed by atoms with Crippen molar-refractivity contribution >= 4 is 26.7 Å². The van der Waals surface area contributed by atoms with Crippen molar-refractivity contribution in [3.8, 4) is 0 Å². The van der Waals surface area contributed by atoms with Crippen LogP contribution in [0, 0.1) is 0 Å². The van der Waals surface area contributed by atoms with E-state index in [1.165, 1.54) is 19.2 Å². The molecule has 3 rings (SSSR count). The van der Waals surface area contributed by atoms with Crippen molar-refractivity contribution in [2.75, 3.05) is 13.6 Å². The van der Waals surface area contributed by atoms with E-state index in [1.54, 1.807) is 18.2 Å². The lowest BCUT2D eigenvalue weighted by Gasteiger charge is -2.20. The topological polar surface area (TPSA) is 66.5 Å². The lowest BCUT2D eigenvalue weighted by Crippen LogP contribution is -2.39. The van der Waals surface area contributed by atoms with Crippen LogP contribution < -0.4 is 5.32 Å². The van der Waals surface area contributed by atoms with Crippen LogP contribution in [0.1, 0.15) is 18.5 Å². The highest BCUT2D eigenvalue weighted by Gasteiger charge is 2.23. The van der Waals surface area contributed by atoms with E-state index in [-0.39, 0.29) is 23.4 Å². The Hall–Kier alpha value is -2.70. The second-order valence-electron chi connectivity index (χ2n) is 6.43. The zero-order chi connectivity index (χ0) is 19.4. The zero-order valence-corrected chi connectivity index (χ0v) is 16.1. The van der Waals surface area contributed by atoms with Crippen molar-refractivity contribution in [3.63, 3.8) is 0 Å². The molecule has 0 bridgehead atoms. The fourth-order valence-electron chi connectivity index (χ4n) is 3.05. The third-order valence-corrected chi connectivity index (χ3v) is 6.30. The summed E-state index contributed by atoms with van der Waals surface area (Å²) in [6.45, 7) is 1.65. The molecule has 6 heteroatoms. The van der Waals surface area contributed by atoms with Gasteiger partial charge in [0.1, 0.15) is 0 Å². The van der Waals surface area contributed by atoms with Crippen molar-refractivity contribution < 1.29 is 13.2 Å². The van der Waals surface area contributed by atoms with Gasteiger partial charge in [0.25, 0.3) is 0 Å². The van der Waals surface area contributed by atoms with Crippen LogP contribution in [0.4, 0.5) is 0 Å². The number of rotatable bonds is 6. The quantitative estimate of drug-likeness (QED) is 0.711. The maximum Gasteiger partial charge on any atom is 0.243 e.